The lowest BCUT2D eigenvalue weighted by Gasteiger charge is -2.17. The molecule has 1 atom stereocenters. The Morgan fingerprint density at radius 2 is 1.87 bits per heavy atom. The molecule has 0 radical (unpaired) electrons. The number of benzene rings is 2. The zero-order chi connectivity index (χ0) is 21.4. The first-order valence-electron chi connectivity index (χ1n) is 9.44. The van der Waals surface area contributed by atoms with Crippen LogP contribution in [-0.2, 0) is 9.53 Å². The van der Waals surface area contributed by atoms with Crippen molar-refractivity contribution in [2.24, 2.45) is 4.99 Å². The van der Waals surface area contributed by atoms with Crippen molar-refractivity contribution in [2.45, 2.75) is 26.3 Å². The molecule has 0 aliphatic carbocycles. The van der Waals surface area contributed by atoms with Gasteiger partial charge in [-0.1, -0.05) is 23.7 Å². The van der Waals surface area contributed by atoms with Crippen LogP contribution in [0.5, 0.6) is 5.75 Å². The van der Waals surface area contributed by atoms with E-state index in [1.807, 2.05) is 54.8 Å². The molecule has 1 aliphatic heterocycles. The minimum Gasteiger partial charge on any atom is -0.497 e. The molecule has 30 heavy (non-hydrogen) atoms. The average Bonchev–Trinajstić information content (AvgIpc) is 3.05. The SMILES string of the molecule is COC(=O)CC1N=C(c2ccc(Cl)cc2)c2cc(OC)cc(C)c2-n2c(C)nnc21. The first kappa shape index (κ1) is 20.1. The van der Waals surface area contributed by atoms with Crippen LogP contribution in [0.3, 0.4) is 0 Å². The van der Waals surface area contributed by atoms with Crippen molar-refractivity contribution in [1.82, 2.24) is 14.8 Å². The summed E-state index contributed by atoms with van der Waals surface area (Å²) in [5.41, 5.74) is 4.36. The van der Waals surface area contributed by atoms with E-state index in [4.69, 9.17) is 26.1 Å². The number of esters is 1. The quantitative estimate of drug-likeness (QED) is 0.591. The smallest absolute Gasteiger partial charge is 0.308 e. The highest BCUT2D eigenvalue weighted by Gasteiger charge is 2.31. The largest absolute Gasteiger partial charge is 0.497 e. The first-order valence-corrected chi connectivity index (χ1v) is 9.82. The van der Waals surface area contributed by atoms with Crippen molar-refractivity contribution in [3.05, 3.63) is 69.8 Å². The Balaban J connectivity index is 2.04. The molecule has 2 heterocycles. The van der Waals surface area contributed by atoms with Crippen LogP contribution in [-0.4, -0.2) is 40.7 Å². The van der Waals surface area contributed by atoms with Gasteiger partial charge in [-0.25, -0.2) is 0 Å². The van der Waals surface area contributed by atoms with Gasteiger partial charge in [0.1, 0.15) is 17.6 Å². The Morgan fingerprint density at radius 3 is 2.53 bits per heavy atom. The highest BCUT2D eigenvalue weighted by molar-refractivity contribution is 6.30. The van der Waals surface area contributed by atoms with E-state index in [1.54, 1.807) is 7.11 Å². The Kier molecular flexibility index (Phi) is 5.30. The van der Waals surface area contributed by atoms with Crippen molar-refractivity contribution in [3.63, 3.8) is 0 Å². The third kappa shape index (κ3) is 3.45. The summed E-state index contributed by atoms with van der Waals surface area (Å²) in [6, 6.07) is 10.8. The van der Waals surface area contributed by atoms with Gasteiger partial charge in [-0.2, -0.15) is 0 Å². The molecule has 4 rings (SSSR count). The maximum absolute atomic E-state index is 12.2. The summed E-state index contributed by atoms with van der Waals surface area (Å²) < 4.78 is 12.4. The van der Waals surface area contributed by atoms with E-state index in [0.29, 0.717) is 22.4 Å². The lowest BCUT2D eigenvalue weighted by atomic mass is 9.97. The molecule has 0 fully saturated rings. The summed E-state index contributed by atoms with van der Waals surface area (Å²) in [7, 11) is 3.00. The molecule has 3 aromatic rings. The fraction of sp³-hybridized carbons (Fsp3) is 0.273. The molecule has 0 N–H and O–H groups in total. The van der Waals surface area contributed by atoms with Crippen LogP contribution < -0.4 is 4.74 Å². The zero-order valence-electron chi connectivity index (χ0n) is 17.1. The van der Waals surface area contributed by atoms with Gasteiger partial charge in [-0.15, -0.1) is 10.2 Å². The molecule has 0 spiro atoms. The summed E-state index contributed by atoms with van der Waals surface area (Å²) in [6.45, 7) is 3.89. The normalized spacial score (nSPS) is 15.0. The molecule has 1 aromatic heterocycles. The van der Waals surface area contributed by atoms with Gasteiger partial charge >= 0.3 is 5.97 Å². The van der Waals surface area contributed by atoms with Crippen LogP contribution in [0.4, 0.5) is 0 Å². The monoisotopic (exact) mass is 424 g/mol. The molecule has 1 aliphatic rings. The topological polar surface area (TPSA) is 78.6 Å². The molecule has 0 saturated heterocycles. The highest BCUT2D eigenvalue weighted by atomic mass is 35.5. The number of ether oxygens (including phenoxy) is 2. The molecule has 1 unspecified atom stereocenters. The van der Waals surface area contributed by atoms with Gasteiger partial charge in [0.2, 0.25) is 0 Å². The molecule has 0 saturated carbocycles. The zero-order valence-corrected chi connectivity index (χ0v) is 17.9. The number of carbonyl (C=O) groups excluding carboxylic acids is 1. The number of halogens is 1. The van der Waals surface area contributed by atoms with E-state index in [-0.39, 0.29) is 12.4 Å². The van der Waals surface area contributed by atoms with E-state index in [0.717, 1.165) is 28.1 Å². The van der Waals surface area contributed by atoms with Gasteiger partial charge in [0.15, 0.2) is 5.82 Å². The third-order valence-corrected chi connectivity index (χ3v) is 5.38. The fourth-order valence-electron chi connectivity index (χ4n) is 3.71. The number of fused-ring (bicyclic) bond motifs is 3. The van der Waals surface area contributed by atoms with Crippen LogP contribution in [0.15, 0.2) is 41.4 Å². The highest BCUT2D eigenvalue weighted by Crippen LogP contribution is 2.36. The predicted molar refractivity (Wildman–Crippen MR) is 114 cm³/mol. The Bertz CT molecular complexity index is 1150. The number of hydrogen-bond acceptors (Lipinski definition) is 6. The molecule has 7 nitrogen and oxygen atoms in total. The van der Waals surface area contributed by atoms with E-state index in [9.17, 15) is 4.79 Å². The number of aryl methyl sites for hydroxylation is 2. The van der Waals surface area contributed by atoms with Crippen LogP contribution in [0.2, 0.25) is 5.02 Å². The van der Waals surface area contributed by atoms with Crippen molar-refractivity contribution in [2.75, 3.05) is 14.2 Å². The van der Waals surface area contributed by atoms with Gasteiger partial charge in [-0.05, 0) is 43.7 Å². The molecule has 154 valence electrons. The first-order chi connectivity index (χ1) is 14.4. The lowest BCUT2D eigenvalue weighted by Crippen LogP contribution is -2.12. The fourth-order valence-corrected chi connectivity index (χ4v) is 3.84. The second-order valence-corrected chi connectivity index (χ2v) is 7.50. The second-order valence-electron chi connectivity index (χ2n) is 7.06. The minimum atomic E-state index is -0.554. The molecule has 8 heteroatoms. The minimum absolute atomic E-state index is 0.0515. The summed E-state index contributed by atoms with van der Waals surface area (Å²) in [5.74, 6) is 1.65. The van der Waals surface area contributed by atoms with Crippen molar-refractivity contribution >= 4 is 23.3 Å². The Hall–Kier alpha value is -3.19. The lowest BCUT2D eigenvalue weighted by molar-refractivity contribution is -0.141. The Morgan fingerprint density at radius 1 is 1.13 bits per heavy atom. The summed E-state index contributed by atoms with van der Waals surface area (Å²) >= 11 is 6.11. The molecular weight excluding hydrogens is 404 g/mol. The van der Waals surface area contributed by atoms with Gasteiger partial charge in [0, 0.05) is 16.1 Å². The van der Waals surface area contributed by atoms with E-state index >= 15 is 0 Å². The maximum atomic E-state index is 12.2. The summed E-state index contributed by atoms with van der Waals surface area (Å²) in [6.07, 6.45) is 0.0515. The number of rotatable bonds is 4. The number of hydrogen-bond donors (Lipinski definition) is 0. The van der Waals surface area contributed by atoms with Crippen LogP contribution in [0.25, 0.3) is 5.69 Å². The van der Waals surface area contributed by atoms with Crippen molar-refractivity contribution in [3.8, 4) is 11.4 Å². The van der Waals surface area contributed by atoms with Gasteiger partial charge in [-0.3, -0.25) is 14.4 Å². The van der Waals surface area contributed by atoms with E-state index in [2.05, 4.69) is 10.2 Å². The number of carbonyl (C=O) groups is 1. The molecule has 0 amide bonds. The number of aromatic nitrogens is 3. The Labute approximate surface area is 179 Å². The van der Waals surface area contributed by atoms with Crippen LogP contribution in [0.1, 0.15) is 40.8 Å². The van der Waals surface area contributed by atoms with E-state index in [1.165, 1.54) is 7.11 Å². The second kappa shape index (κ2) is 7.91. The average molecular weight is 425 g/mol. The van der Waals surface area contributed by atoms with E-state index < -0.39 is 6.04 Å². The molecule has 0 bridgehead atoms. The van der Waals surface area contributed by atoms with Crippen molar-refractivity contribution in [1.29, 1.82) is 0 Å². The number of methoxy groups -OCH3 is 2. The van der Waals surface area contributed by atoms with Gasteiger partial charge in [0.05, 0.1) is 32.0 Å². The number of nitrogens with zero attached hydrogens (tertiary/aromatic N) is 4. The third-order valence-electron chi connectivity index (χ3n) is 5.13. The standard InChI is InChI=1S/C22H21ClN4O3/c1-12-9-16(29-3)10-17-20(14-5-7-15(23)8-6-14)24-18(11-19(28)30-4)22-26-25-13(2)27(22)21(12)17/h5-10,18H,11H2,1-4H3. The molecule has 2 aromatic carbocycles. The van der Waals surface area contributed by atoms with Crippen molar-refractivity contribution < 1.29 is 14.3 Å². The molecular formula is C22H21ClN4O3. The summed E-state index contributed by atoms with van der Waals surface area (Å²) in [4.78, 5) is 17.1. The maximum Gasteiger partial charge on any atom is 0.308 e. The van der Waals surface area contributed by atoms with Gasteiger partial charge in [0.25, 0.3) is 0 Å². The predicted octanol–water partition coefficient (Wildman–Crippen LogP) is 4.00. The van der Waals surface area contributed by atoms with Crippen LogP contribution >= 0.6 is 11.6 Å². The van der Waals surface area contributed by atoms with Crippen LogP contribution in [0, 0.1) is 13.8 Å². The number of aliphatic imine (C=N–C) groups is 1. The van der Waals surface area contributed by atoms with Gasteiger partial charge < -0.3 is 9.47 Å². The summed E-state index contributed by atoms with van der Waals surface area (Å²) in [5, 5.41) is 9.25.